The normalized spacial score (nSPS) is 20.1. The summed E-state index contributed by atoms with van der Waals surface area (Å²) in [6, 6.07) is 12.6. The lowest BCUT2D eigenvalue weighted by Gasteiger charge is -2.27. The standard InChI is InChI=1S/C17H18O4/c18-14-9-11-19-15(12-14)17(13-6-2-1-3-7-13)21-16-8-4-5-10-20-16/h1-3,6-7,9,11-12,16-17H,4-5,8,10H2. The van der Waals surface area contributed by atoms with E-state index in [1.165, 1.54) is 18.4 Å². The van der Waals surface area contributed by atoms with Crippen molar-refractivity contribution in [2.24, 2.45) is 0 Å². The molecule has 4 nitrogen and oxygen atoms in total. The molecule has 0 N–H and O–H groups in total. The molecule has 1 aromatic carbocycles. The first-order chi connectivity index (χ1) is 10.3. The van der Waals surface area contributed by atoms with Crippen LogP contribution in [-0.4, -0.2) is 12.9 Å². The number of rotatable bonds is 4. The minimum Gasteiger partial charge on any atom is -0.466 e. The molecule has 2 atom stereocenters. The Balaban J connectivity index is 1.89. The third-order valence-corrected chi connectivity index (χ3v) is 3.51. The van der Waals surface area contributed by atoms with Crippen LogP contribution in [0.2, 0.25) is 0 Å². The van der Waals surface area contributed by atoms with E-state index in [0.29, 0.717) is 12.4 Å². The molecular formula is C17H18O4. The molecule has 2 unspecified atom stereocenters. The average molecular weight is 286 g/mol. The second-order valence-electron chi connectivity index (χ2n) is 5.09. The van der Waals surface area contributed by atoms with Gasteiger partial charge < -0.3 is 13.9 Å². The van der Waals surface area contributed by atoms with Crippen molar-refractivity contribution >= 4 is 0 Å². The minimum atomic E-state index is -0.428. The van der Waals surface area contributed by atoms with Gasteiger partial charge >= 0.3 is 0 Å². The summed E-state index contributed by atoms with van der Waals surface area (Å²) in [5.74, 6) is 0.503. The highest BCUT2D eigenvalue weighted by Gasteiger charge is 2.24. The van der Waals surface area contributed by atoms with E-state index in [0.717, 1.165) is 24.8 Å². The van der Waals surface area contributed by atoms with Crippen LogP contribution in [0.1, 0.15) is 36.7 Å². The quantitative estimate of drug-likeness (QED) is 0.865. The van der Waals surface area contributed by atoms with Gasteiger partial charge in [0.1, 0.15) is 11.9 Å². The van der Waals surface area contributed by atoms with Gasteiger partial charge in [0.2, 0.25) is 0 Å². The van der Waals surface area contributed by atoms with Gasteiger partial charge in [-0.1, -0.05) is 30.3 Å². The monoisotopic (exact) mass is 286 g/mol. The van der Waals surface area contributed by atoms with Crippen LogP contribution in [-0.2, 0) is 9.47 Å². The molecule has 0 saturated carbocycles. The van der Waals surface area contributed by atoms with E-state index < -0.39 is 6.10 Å². The van der Waals surface area contributed by atoms with Gasteiger partial charge in [0.25, 0.3) is 0 Å². The summed E-state index contributed by atoms with van der Waals surface area (Å²) >= 11 is 0. The lowest BCUT2D eigenvalue weighted by Crippen LogP contribution is -2.25. The molecule has 1 aliphatic rings. The van der Waals surface area contributed by atoms with Crippen LogP contribution in [0.5, 0.6) is 0 Å². The predicted molar refractivity (Wildman–Crippen MR) is 77.9 cm³/mol. The second-order valence-corrected chi connectivity index (χ2v) is 5.09. The number of hydrogen-bond donors (Lipinski definition) is 0. The third-order valence-electron chi connectivity index (χ3n) is 3.51. The molecule has 0 aliphatic carbocycles. The molecule has 0 bridgehead atoms. The summed E-state index contributed by atoms with van der Waals surface area (Å²) in [6.45, 7) is 0.713. The van der Waals surface area contributed by atoms with Crippen molar-refractivity contribution in [2.75, 3.05) is 6.61 Å². The van der Waals surface area contributed by atoms with Crippen LogP contribution in [0.15, 0.2) is 57.9 Å². The number of benzene rings is 1. The van der Waals surface area contributed by atoms with Gasteiger partial charge in [0, 0.05) is 18.7 Å². The Hall–Kier alpha value is -1.91. The highest BCUT2D eigenvalue weighted by Crippen LogP contribution is 2.29. The van der Waals surface area contributed by atoms with Crippen molar-refractivity contribution in [2.45, 2.75) is 31.7 Å². The largest absolute Gasteiger partial charge is 0.466 e. The molecule has 3 rings (SSSR count). The SMILES string of the molecule is O=c1ccoc(C(OC2CCCCO2)c2ccccc2)c1. The molecule has 0 radical (unpaired) electrons. The van der Waals surface area contributed by atoms with Crippen molar-refractivity contribution < 1.29 is 13.9 Å². The lowest BCUT2D eigenvalue weighted by molar-refractivity contribution is -0.184. The first-order valence-electron chi connectivity index (χ1n) is 7.24. The van der Waals surface area contributed by atoms with Crippen LogP contribution in [0, 0.1) is 0 Å². The van der Waals surface area contributed by atoms with E-state index in [1.54, 1.807) is 0 Å². The average Bonchev–Trinajstić information content (AvgIpc) is 2.54. The van der Waals surface area contributed by atoms with Gasteiger partial charge in [0.05, 0.1) is 6.26 Å². The van der Waals surface area contributed by atoms with Crippen molar-refractivity contribution in [3.8, 4) is 0 Å². The van der Waals surface area contributed by atoms with E-state index >= 15 is 0 Å². The molecule has 1 aliphatic heterocycles. The molecule has 110 valence electrons. The van der Waals surface area contributed by atoms with E-state index in [1.807, 2.05) is 30.3 Å². The lowest BCUT2D eigenvalue weighted by atomic mass is 10.1. The van der Waals surface area contributed by atoms with E-state index in [9.17, 15) is 4.79 Å². The Kier molecular flexibility index (Phi) is 4.48. The molecule has 0 spiro atoms. The van der Waals surface area contributed by atoms with Gasteiger partial charge in [-0.05, 0) is 24.8 Å². The Bertz CT molecular complexity index is 614. The first kappa shape index (κ1) is 14.0. The zero-order valence-electron chi connectivity index (χ0n) is 11.7. The Labute approximate surface area is 123 Å². The summed E-state index contributed by atoms with van der Waals surface area (Å²) in [6.07, 6.45) is 3.73. The predicted octanol–water partition coefficient (Wildman–Crippen LogP) is 3.27. The maximum atomic E-state index is 11.6. The molecule has 21 heavy (non-hydrogen) atoms. The first-order valence-corrected chi connectivity index (χ1v) is 7.24. The molecule has 1 saturated heterocycles. The summed E-state index contributed by atoms with van der Waals surface area (Å²) in [5, 5.41) is 0. The number of ether oxygens (including phenoxy) is 2. The number of hydrogen-bond acceptors (Lipinski definition) is 4. The molecule has 1 fully saturated rings. The summed E-state index contributed by atoms with van der Waals surface area (Å²) in [5.41, 5.74) is 0.853. The smallest absolute Gasteiger partial charge is 0.185 e. The van der Waals surface area contributed by atoms with E-state index in [2.05, 4.69) is 0 Å². The van der Waals surface area contributed by atoms with Crippen molar-refractivity contribution in [3.63, 3.8) is 0 Å². The zero-order valence-corrected chi connectivity index (χ0v) is 11.7. The zero-order chi connectivity index (χ0) is 14.5. The fraction of sp³-hybridized carbons (Fsp3) is 0.353. The van der Waals surface area contributed by atoms with Crippen LogP contribution in [0.25, 0.3) is 0 Å². The van der Waals surface area contributed by atoms with E-state index in [4.69, 9.17) is 13.9 Å². The highest BCUT2D eigenvalue weighted by molar-refractivity contribution is 5.24. The maximum Gasteiger partial charge on any atom is 0.185 e. The molecule has 0 amide bonds. The Morgan fingerprint density at radius 3 is 2.71 bits per heavy atom. The van der Waals surface area contributed by atoms with Crippen molar-refractivity contribution in [1.82, 2.24) is 0 Å². The van der Waals surface area contributed by atoms with Gasteiger partial charge in [-0.25, -0.2) is 0 Å². The Morgan fingerprint density at radius 1 is 1.14 bits per heavy atom. The summed E-state index contributed by atoms with van der Waals surface area (Å²) in [4.78, 5) is 11.6. The fourth-order valence-corrected chi connectivity index (χ4v) is 2.45. The van der Waals surface area contributed by atoms with Crippen LogP contribution >= 0.6 is 0 Å². The third kappa shape index (κ3) is 3.60. The summed E-state index contributed by atoms with van der Waals surface area (Å²) in [7, 11) is 0. The van der Waals surface area contributed by atoms with Crippen LogP contribution in [0.4, 0.5) is 0 Å². The second kappa shape index (κ2) is 6.70. The molecule has 1 aromatic heterocycles. The molecule has 4 heteroatoms. The van der Waals surface area contributed by atoms with Gasteiger partial charge in [-0.15, -0.1) is 0 Å². The highest BCUT2D eigenvalue weighted by atomic mass is 16.7. The van der Waals surface area contributed by atoms with Crippen molar-refractivity contribution in [3.05, 3.63) is 70.3 Å². The summed E-state index contributed by atoms with van der Waals surface area (Å²) < 4.78 is 17.2. The Morgan fingerprint density at radius 2 is 2.00 bits per heavy atom. The fourth-order valence-electron chi connectivity index (χ4n) is 2.45. The van der Waals surface area contributed by atoms with Crippen molar-refractivity contribution in [1.29, 1.82) is 0 Å². The van der Waals surface area contributed by atoms with Crippen LogP contribution in [0.3, 0.4) is 0 Å². The minimum absolute atomic E-state index is 0.0923. The topological polar surface area (TPSA) is 48.7 Å². The molecular weight excluding hydrogens is 268 g/mol. The van der Waals surface area contributed by atoms with Crippen LogP contribution < -0.4 is 5.43 Å². The van der Waals surface area contributed by atoms with Gasteiger partial charge in [-0.3, -0.25) is 4.79 Å². The molecule has 2 heterocycles. The van der Waals surface area contributed by atoms with E-state index in [-0.39, 0.29) is 11.7 Å². The van der Waals surface area contributed by atoms with Gasteiger partial charge in [0.15, 0.2) is 11.7 Å². The maximum absolute atomic E-state index is 11.6. The van der Waals surface area contributed by atoms with Gasteiger partial charge in [-0.2, -0.15) is 0 Å². The molecule has 2 aromatic rings.